The lowest BCUT2D eigenvalue weighted by Gasteiger charge is -2.35. The van der Waals surface area contributed by atoms with Gasteiger partial charge in [0.1, 0.15) is 0 Å². The van der Waals surface area contributed by atoms with Gasteiger partial charge in [-0.1, -0.05) is 13.8 Å². The summed E-state index contributed by atoms with van der Waals surface area (Å²) >= 11 is 0. The van der Waals surface area contributed by atoms with Gasteiger partial charge in [-0.2, -0.15) is 0 Å². The second-order valence-electron chi connectivity index (χ2n) is 7.75. The maximum Gasteiger partial charge on any atom is 0.234 e. The van der Waals surface area contributed by atoms with Crippen LogP contribution >= 0.6 is 0 Å². The van der Waals surface area contributed by atoms with Gasteiger partial charge in [-0.05, 0) is 43.9 Å². The Balaban J connectivity index is 1.38. The van der Waals surface area contributed by atoms with E-state index in [0.29, 0.717) is 12.6 Å². The van der Waals surface area contributed by atoms with Crippen LogP contribution in [-0.2, 0) is 4.79 Å². The van der Waals surface area contributed by atoms with Crippen LogP contribution in [-0.4, -0.2) is 60.5 Å². The Labute approximate surface area is 129 Å². The summed E-state index contributed by atoms with van der Waals surface area (Å²) in [4.78, 5) is 17.2. The van der Waals surface area contributed by atoms with E-state index < -0.39 is 0 Å². The maximum atomic E-state index is 12.3. The smallest absolute Gasteiger partial charge is 0.234 e. The highest BCUT2D eigenvalue weighted by Crippen LogP contribution is 2.29. The molecule has 2 aliphatic heterocycles. The van der Waals surface area contributed by atoms with Crippen LogP contribution in [0.1, 0.15) is 46.0 Å². The van der Waals surface area contributed by atoms with Crippen molar-refractivity contribution in [2.45, 2.75) is 58.0 Å². The molecule has 1 N–H and O–H groups in total. The number of hydrogen-bond donors (Lipinski definition) is 1. The number of hydrogen-bond acceptors (Lipinski definition) is 3. The largest absolute Gasteiger partial charge is 0.352 e. The average molecular weight is 293 g/mol. The fourth-order valence-corrected chi connectivity index (χ4v) is 4.25. The van der Waals surface area contributed by atoms with E-state index in [2.05, 4.69) is 29.0 Å². The molecule has 4 heteroatoms. The van der Waals surface area contributed by atoms with Crippen LogP contribution in [0.4, 0.5) is 0 Å². The molecular formula is C17H31N3O. The molecule has 1 amide bonds. The van der Waals surface area contributed by atoms with E-state index >= 15 is 0 Å². The lowest BCUT2D eigenvalue weighted by molar-refractivity contribution is -0.123. The minimum Gasteiger partial charge on any atom is -0.352 e. The highest BCUT2D eigenvalue weighted by atomic mass is 16.2. The predicted octanol–water partition coefficient (Wildman–Crippen LogP) is 1.71. The van der Waals surface area contributed by atoms with Gasteiger partial charge in [0.15, 0.2) is 0 Å². The topological polar surface area (TPSA) is 35.6 Å². The van der Waals surface area contributed by atoms with Crippen LogP contribution in [0.2, 0.25) is 0 Å². The van der Waals surface area contributed by atoms with Crippen molar-refractivity contribution in [2.24, 2.45) is 11.8 Å². The molecule has 0 aromatic rings. The van der Waals surface area contributed by atoms with Crippen LogP contribution < -0.4 is 5.32 Å². The van der Waals surface area contributed by atoms with E-state index in [-0.39, 0.29) is 5.91 Å². The van der Waals surface area contributed by atoms with Crippen molar-refractivity contribution in [3.8, 4) is 0 Å². The second kappa shape index (κ2) is 6.66. The summed E-state index contributed by atoms with van der Waals surface area (Å²) in [5.41, 5.74) is 0. The summed E-state index contributed by atoms with van der Waals surface area (Å²) in [6.07, 6.45) is 6.35. The Hall–Kier alpha value is -0.610. The van der Waals surface area contributed by atoms with Gasteiger partial charge in [0, 0.05) is 38.3 Å². The summed E-state index contributed by atoms with van der Waals surface area (Å²) in [5, 5.41) is 3.27. The molecule has 3 rings (SSSR count). The zero-order chi connectivity index (χ0) is 14.8. The van der Waals surface area contributed by atoms with Gasteiger partial charge in [-0.25, -0.2) is 0 Å². The minimum absolute atomic E-state index is 0.237. The molecule has 21 heavy (non-hydrogen) atoms. The van der Waals surface area contributed by atoms with Gasteiger partial charge in [-0.3, -0.25) is 9.69 Å². The second-order valence-corrected chi connectivity index (χ2v) is 7.75. The van der Waals surface area contributed by atoms with E-state index in [9.17, 15) is 4.79 Å². The van der Waals surface area contributed by atoms with Crippen molar-refractivity contribution >= 4 is 5.91 Å². The van der Waals surface area contributed by atoms with E-state index in [0.717, 1.165) is 43.8 Å². The van der Waals surface area contributed by atoms with Crippen LogP contribution in [0.15, 0.2) is 0 Å². The zero-order valence-electron chi connectivity index (χ0n) is 13.7. The Morgan fingerprint density at radius 3 is 2.24 bits per heavy atom. The van der Waals surface area contributed by atoms with Crippen molar-refractivity contribution in [1.82, 2.24) is 15.1 Å². The molecule has 2 atom stereocenters. The Morgan fingerprint density at radius 2 is 1.67 bits per heavy atom. The number of nitrogens with one attached hydrogen (secondary N) is 1. The van der Waals surface area contributed by atoms with Crippen LogP contribution in [0.25, 0.3) is 0 Å². The first-order valence-electron chi connectivity index (χ1n) is 8.86. The molecule has 2 saturated heterocycles. The van der Waals surface area contributed by atoms with E-state index in [1.807, 2.05) is 0 Å². The number of piperidine rings is 2. The van der Waals surface area contributed by atoms with Crippen molar-refractivity contribution in [3.05, 3.63) is 0 Å². The van der Waals surface area contributed by atoms with Crippen LogP contribution in [0.5, 0.6) is 0 Å². The van der Waals surface area contributed by atoms with Gasteiger partial charge in [-0.15, -0.1) is 0 Å². The molecule has 4 nitrogen and oxygen atoms in total. The molecule has 0 bridgehead atoms. The molecule has 2 heterocycles. The summed E-state index contributed by atoms with van der Waals surface area (Å²) in [6, 6.07) is 1.28. The van der Waals surface area contributed by atoms with Gasteiger partial charge in [0.05, 0.1) is 6.54 Å². The van der Waals surface area contributed by atoms with Crippen molar-refractivity contribution in [1.29, 1.82) is 0 Å². The standard InChI is InChI=1S/C17H31N3O/c1-13-9-14(2)11-19(10-13)12-17(21)18-15-5-7-20(8-6-15)16-3-4-16/h13-16H,3-12H2,1-2H3,(H,18,21). The fourth-order valence-electron chi connectivity index (χ4n) is 4.25. The average Bonchev–Trinajstić information content (AvgIpc) is 3.22. The number of rotatable bonds is 4. The first kappa shape index (κ1) is 15.3. The lowest BCUT2D eigenvalue weighted by Crippen LogP contribution is -2.49. The summed E-state index contributed by atoms with van der Waals surface area (Å²) in [5.74, 6) is 1.69. The monoisotopic (exact) mass is 293 g/mol. The van der Waals surface area contributed by atoms with Crippen molar-refractivity contribution in [2.75, 3.05) is 32.7 Å². The molecule has 1 saturated carbocycles. The molecule has 120 valence electrons. The normalized spacial score (nSPS) is 33.0. The summed E-state index contributed by atoms with van der Waals surface area (Å²) in [7, 11) is 0. The van der Waals surface area contributed by atoms with Crippen molar-refractivity contribution in [3.63, 3.8) is 0 Å². The lowest BCUT2D eigenvalue weighted by atomic mass is 9.92. The maximum absolute atomic E-state index is 12.3. The van der Waals surface area contributed by atoms with Crippen molar-refractivity contribution < 1.29 is 4.79 Å². The fraction of sp³-hybridized carbons (Fsp3) is 0.941. The molecule has 3 fully saturated rings. The van der Waals surface area contributed by atoms with Crippen LogP contribution in [0, 0.1) is 11.8 Å². The quantitative estimate of drug-likeness (QED) is 0.857. The number of carbonyl (C=O) groups excluding carboxylic acids is 1. The first-order valence-corrected chi connectivity index (χ1v) is 8.86. The summed E-state index contributed by atoms with van der Waals surface area (Å²) in [6.45, 7) is 9.70. The molecule has 1 aliphatic carbocycles. The predicted molar refractivity (Wildman–Crippen MR) is 85.1 cm³/mol. The van der Waals surface area contributed by atoms with Crippen LogP contribution in [0.3, 0.4) is 0 Å². The van der Waals surface area contributed by atoms with E-state index in [4.69, 9.17) is 0 Å². The van der Waals surface area contributed by atoms with E-state index in [1.54, 1.807) is 0 Å². The molecule has 0 radical (unpaired) electrons. The zero-order valence-corrected chi connectivity index (χ0v) is 13.7. The summed E-state index contributed by atoms with van der Waals surface area (Å²) < 4.78 is 0. The molecule has 0 aromatic carbocycles. The Bertz CT molecular complexity index is 351. The van der Waals surface area contributed by atoms with Gasteiger partial charge >= 0.3 is 0 Å². The third kappa shape index (κ3) is 4.43. The SMILES string of the molecule is CC1CC(C)CN(CC(=O)NC2CCN(C3CC3)CC2)C1. The number of carbonyl (C=O) groups is 1. The van der Waals surface area contributed by atoms with E-state index in [1.165, 1.54) is 32.4 Å². The number of likely N-dealkylation sites (tertiary alicyclic amines) is 2. The minimum atomic E-state index is 0.237. The number of amides is 1. The third-order valence-electron chi connectivity index (χ3n) is 5.27. The first-order chi connectivity index (χ1) is 10.1. The molecule has 3 aliphatic rings. The molecular weight excluding hydrogens is 262 g/mol. The van der Waals surface area contributed by atoms with Gasteiger partial charge in [0.2, 0.25) is 5.91 Å². The highest BCUT2D eigenvalue weighted by molar-refractivity contribution is 5.78. The highest BCUT2D eigenvalue weighted by Gasteiger charge is 2.32. The Morgan fingerprint density at radius 1 is 1.05 bits per heavy atom. The molecule has 0 aromatic heterocycles. The molecule has 0 spiro atoms. The Kier molecular flexibility index (Phi) is 4.85. The van der Waals surface area contributed by atoms with Gasteiger partial charge < -0.3 is 10.2 Å². The third-order valence-corrected chi connectivity index (χ3v) is 5.27. The number of nitrogens with zero attached hydrogens (tertiary/aromatic N) is 2. The van der Waals surface area contributed by atoms with Gasteiger partial charge in [0.25, 0.3) is 0 Å². The molecule has 2 unspecified atom stereocenters.